The van der Waals surface area contributed by atoms with Gasteiger partial charge in [-0.05, 0) is 79.1 Å². The Morgan fingerprint density at radius 1 is 0.775 bits per heavy atom. The van der Waals surface area contributed by atoms with E-state index in [2.05, 4.69) is 6.07 Å². The van der Waals surface area contributed by atoms with Gasteiger partial charge in [0.2, 0.25) is 0 Å². The van der Waals surface area contributed by atoms with Crippen LogP contribution in [0.25, 0.3) is 0 Å². The number of rotatable bonds is 5. The molecule has 2 heterocycles. The fourth-order valence-corrected chi connectivity index (χ4v) is 5.80. The Hall–Kier alpha value is -4.65. The molecule has 0 saturated carbocycles. The number of carbonyl (C=O) groups is 2. The summed E-state index contributed by atoms with van der Waals surface area (Å²) in [6.45, 7) is 1.59. The van der Waals surface area contributed by atoms with Crippen LogP contribution in [0.15, 0.2) is 97.1 Å². The monoisotopic (exact) mass is 536 g/mol. The molecule has 0 aliphatic carbocycles. The molecule has 4 aromatic rings. The number of hydrogen-bond donors (Lipinski definition) is 0. The Morgan fingerprint density at radius 2 is 1.43 bits per heavy atom. The zero-order valence-corrected chi connectivity index (χ0v) is 22.2. The summed E-state index contributed by atoms with van der Waals surface area (Å²) >= 11 is 0. The Labute approximate surface area is 232 Å². The normalized spacial score (nSPS) is 15.6. The lowest BCUT2D eigenvalue weighted by Crippen LogP contribution is -2.47. The van der Waals surface area contributed by atoms with Gasteiger partial charge in [-0.25, -0.2) is 4.39 Å². The summed E-state index contributed by atoms with van der Waals surface area (Å²) in [4.78, 5) is 30.5. The summed E-state index contributed by atoms with van der Waals surface area (Å²) in [5, 5.41) is 0. The van der Waals surface area contributed by atoms with Gasteiger partial charge in [0.25, 0.3) is 11.8 Å². The number of para-hydroxylation sites is 2. The summed E-state index contributed by atoms with van der Waals surface area (Å²) < 4.78 is 25.1. The van der Waals surface area contributed by atoms with Gasteiger partial charge in [-0.15, -0.1) is 0 Å². The minimum absolute atomic E-state index is 0.0669. The summed E-state index contributed by atoms with van der Waals surface area (Å²) in [7, 11) is 1.40. The number of anilines is 1. The van der Waals surface area contributed by atoms with Gasteiger partial charge in [0.05, 0.1) is 7.11 Å². The smallest absolute Gasteiger partial charge is 0.258 e. The van der Waals surface area contributed by atoms with E-state index in [0.29, 0.717) is 49.4 Å². The molecular weight excluding hydrogens is 507 g/mol. The van der Waals surface area contributed by atoms with E-state index in [1.54, 1.807) is 23.1 Å². The van der Waals surface area contributed by atoms with Crippen LogP contribution in [-0.4, -0.2) is 43.5 Å². The highest BCUT2D eigenvalue weighted by molar-refractivity contribution is 6.08. The maximum atomic E-state index is 14.2. The lowest BCUT2D eigenvalue weighted by molar-refractivity contribution is 0.0670. The van der Waals surface area contributed by atoms with Gasteiger partial charge in [0.1, 0.15) is 11.5 Å². The Bertz CT molecular complexity index is 1550. The number of fused-ring (bicyclic) bond motifs is 2. The third-order valence-electron chi connectivity index (χ3n) is 7.96. The Balaban J connectivity index is 1.18. The highest BCUT2D eigenvalue weighted by atomic mass is 19.1. The molecule has 7 heteroatoms. The first-order chi connectivity index (χ1) is 19.5. The van der Waals surface area contributed by atoms with Crippen molar-refractivity contribution in [2.24, 2.45) is 0 Å². The van der Waals surface area contributed by atoms with Gasteiger partial charge in [-0.1, -0.05) is 36.4 Å². The highest BCUT2D eigenvalue weighted by Crippen LogP contribution is 2.47. The second kappa shape index (κ2) is 10.5. The summed E-state index contributed by atoms with van der Waals surface area (Å²) in [6.07, 6.45) is 1.42. The molecule has 6 rings (SSSR count). The number of benzene rings is 4. The van der Waals surface area contributed by atoms with Crippen LogP contribution >= 0.6 is 0 Å². The lowest BCUT2D eigenvalue weighted by atomic mass is 9.74. The van der Waals surface area contributed by atoms with E-state index in [-0.39, 0.29) is 23.0 Å². The van der Waals surface area contributed by atoms with Crippen LogP contribution in [0.3, 0.4) is 0 Å². The van der Waals surface area contributed by atoms with Crippen molar-refractivity contribution >= 4 is 17.5 Å². The second-order valence-electron chi connectivity index (χ2n) is 10.3. The standard InChI is InChI=1S/C33H29FN2O4/c1-39-30-16-13-24(21-28(30)34)31(37)35-19-17-33(18-20-35)22-36(29-10-6-5-9-27(29)33)32(38)23-11-14-26(15-12-23)40-25-7-3-2-4-8-25/h2-16,21H,17-20,22H2,1H3. The summed E-state index contributed by atoms with van der Waals surface area (Å²) in [5.41, 5.74) is 2.69. The fraction of sp³-hybridized carbons (Fsp3) is 0.212. The second-order valence-corrected chi connectivity index (χ2v) is 10.3. The molecule has 202 valence electrons. The van der Waals surface area contributed by atoms with Gasteiger partial charge in [0, 0.05) is 41.9 Å². The molecule has 0 N–H and O–H groups in total. The van der Waals surface area contributed by atoms with Crippen molar-refractivity contribution in [2.45, 2.75) is 18.3 Å². The van der Waals surface area contributed by atoms with E-state index in [4.69, 9.17) is 9.47 Å². The maximum Gasteiger partial charge on any atom is 0.258 e. The number of nitrogens with zero attached hydrogens (tertiary/aromatic N) is 2. The summed E-state index contributed by atoms with van der Waals surface area (Å²) in [6, 6.07) is 29.1. The van der Waals surface area contributed by atoms with Crippen molar-refractivity contribution in [3.05, 3.63) is 120 Å². The molecule has 0 atom stereocenters. The Kier molecular flexibility index (Phi) is 6.72. The minimum Gasteiger partial charge on any atom is -0.494 e. The topological polar surface area (TPSA) is 59.1 Å². The quantitative estimate of drug-likeness (QED) is 0.294. The van der Waals surface area contributed by atoms with E-state index >= 15 is 0 Å². The molecule has 2 aliphatic heterocycles. The van der Waals surface area contributed by atoms with Crippen molar-refractivity contribution in [3.63, 3.8) is 0 Å². The van der Waals surface area contributed by atoms with Crippen molar-refractivity contribution in [3.8, 4) is 17.2 Å². The van der Waals surface area contributed by atoms with Crippen LogP contribution in [0.5, 0.6) is 17.2 Å². The predicted octanol–water partition coefficient (Wildman–Crippen LogP) is 6.46. The molecule has 4 aromatic carbocycles. The van der Waals surface area contributed by atoms with Gasteiger partial charge < -0.3 is 19.3 Å². The zero-order valence-electron chi connectivity index (χ0n) is 22.2. The molecule has 1 spiro atoms. The molecule has 0 aromatic heterocycles. The lowest BCUT2D eigenvalue weighted by Gasteiger charge is -2.40. The molecule has 0 unspecified atom stereocenters. The third kappa shape index (κ3) is 4.68. The van der Waals surface area contributed by atoms with Crippen molar-refractivity contribution < 1.29 is 23.5 Å². The van der Waals surface area contributed by atoms with E-state index in [9.17, 15) is 14.0 Å². The number of carbonyl (C=O) groups excluding carboxylic acids is 2. The predicted molar refractivity (Wildman–Crippen MR) is 151 cm³/mol. The molecule has 2 aliphatic rings. The van der Waals surface area contributed by atoms with Gasteiger partial charge in [-0.3, -0.25) is 9.59 Å². The number of likely N-dealkylation sites (tertiary alicyclic amines) is 1. The number of ether oxygens (including phenoxy) is 2. The van der Waals surface area contributed by atoms with Crippen LogP contribution in [-0.2, 0) is 5.41 Å². The maximum absolute atomic E-state index is 14.2. The van der Waals surface area contributed by atoms with Crippen molar-refractivity contribution in [2.75, 3.05) is 31.6 Å². The molecule has 40 heavy (non-hydrogen) atoms. The number of piperidine rings is 1. The average Bonchev–Trinajstić information content (AvgIpc) is 3.31. The molecule has 0 bridgehead atoms. The van der Waals surface area contributed by atoms with E-state index < -0.39 is 5.82 Å². The molecule has 0 radical (unpaired) electrons. The van der Waals surface area contributed by atoms with Crippen LogP contribution in [0.1, 0.15) is 39.1 Å². The van der Waals surface area contributed by atoms with Crippen LogP contribution in [0.4, 0.5) is 10.1 Å². The highest BCUT2D eigenvalue weighted by Gasteiger charge is 2.47. The fourth-order valence-electron chi connectivity index (χ4n) is 5.80. The largest absolute Gasteiger partial charge is 0.494 e. The van der Waals surface area contributed by atoms with Gasteiger partial charge in [-0.2, -0.15) is 0 Å². The third-order valence-corrected chi connectivity index (χ3v) is 7.96. The number of hydrogen-bond acceptors (Lipinski definition) is 4. The first-order valence-corrected chi connectivity index (χ1v) is 13.3. The molecule has 1 saturated heterocycles. The van der Waals surface area contributed by atoms with E-state index in [1.165, 1.54) is 19.2 Å². The zero-order chi connectivity index (χ0) is 27.7. The van der Waals surface area contributed by atoms with Crippen LogP contribution in [0, 0.1) is 5.82 Å². The number of methoxy groups -OCH3 is 1. The first-order valence-electron chi connectivity index (χ1n) is 13.3. The average molecular weight is 537 g/mol. The van der Waals surface area contributed by atoms with E-state index in [1.807, 2.05) is 65.6 Å². The van der Waals surface area contributed by atoms with Crippen molar-refractivity contribution in [1.29, 1.82) is 0 Å². The first kappa shape index (κ1) is 25.6. The number of amides is 2. The van der Waals surface area contributed by atoms with Gasteiger partial charge >= 0.3 is 0 Å². The SMILES string of the molecule is COc1ccc(C(=O)N2CCC3(CC2)CN(C(=O)c2ccc(Oc4ccccc4)cc2)c2ccccc23)cc1F. The molecule has 1 fully saturated rings. The number of halogens is 1. The van der Waals surface area contributed by atoms with E-state index in [0.717, 1.165) is 17.0 Å². The molecule has 2 amide bonds. The Morgan fingerprint density at radius 3 is 2.12 bits per heavy atom. The van der Waals surface area contributed by atoms with Crippen LogP contribution < -0.4 is 14.4 Å². The molecular formula is C33H29FN2O4. The van der Waals surface area contributed by atoms with Crippen molar-refractivity contribution in [1.82, 2.24) is 4.90 Å². The van der Waals surface area contributed by atoms with Crippen LogP contribution in [0.2, 0.25) is 0 Å². The molecule has 6 nitrogen and oxygen atoms in total. The van der Waals surface area contributed by atoms with Gasteiger partial charge in [0.15, 0.2) is 11.6 Å². The summed E-state index contributed by atoms with van der Waals surface area (Å²) in [5.74, 6) is 0.685. The minimum atomic E-state index is -0.555.